The molecule has 6 heteroatoms. The van der Waals surface area contributed by atoms with Crippen LogP contribution in [-0.2, 0) is 6.42 Å². The van der Waals surface area contributed by atoms with Crippen molar-refractivity contribution in [2.75, 3.05) is 5.32 Å². The van der Waals surface area contributed by atoms with Gasteiger partial charge in [0.25, 0.3) is 10.8 Å². The second kappa shape index (κ2) is 7.08. The average Bonchev–Trinajstić information content (AvgIpc) is 2.46. The third kappa shape index (κ3) is 4.19. The Balaban J connectivity index is 2.41. The number of unbranched alkanes of at least 4 members (excludes halogenated alkanes) is 1. The predicted molar refractivity (Wildman–Crippen MR) is 86.9 cm³/mol. The summed E-state index contributed by atoms with van der Waals surface area (Å²) in [6.07, 6.45) is 3.15. The number of rotatable bonds is 5. The monoisotopic (exact) mass is 303 g/mol. The molecule has 0 radical (unpaired) electrons. The quantitative estimate of drug-likeness (QED) is 0.742. The van der Waals surface area contributed by atoms with Crippen molar-refractivity contribution in [2.45, 2.75) is 26.2 Å². The highest BCUT2D eigenvalue weighted by atomic mass is 32.1. The maximum atomic E-state index is 11.3. The Labute approximate surface area is 128 Å². The first kappa shape index (κ1) is 15.3. The van der Waals surface area contributed by atoms with Gasteiger partial charge in [-0.1, -0.05) is 38.1 Å². The third-order valence-electron chi connectivity index (χ3n) is 3.10. The van der Waals surface area contributed by atoms with Crippen LogP contribution >= 0.6 is 12.6 Å². The summed E-state index contributed by atoms with van der Waals surface area (Å²) in [5.41, 5.74) is 2.85. The van der Waals surface area contributed by atoms with E-state index in [0.29, 0.717) is 11.4 Å². The van der Waals surface area contributed by atoms with Crippen molar-refractivity contribution < 1.29 is 4.79 Å². The highest BCUT2D eigenvalue weighted by Crippen LogP contribution is 2.28. The van der Waals surface area contributed by atoms with Crippen molar-refractivity contribution in [1.82, 2.24) is 10.2 Å². The van der Waals surface area contributed by atoms with E-state index in [1.165, 1.54) is 6.07 Å². The molecule has 0 unspecified atom stereocenters. The highest BCUT2D eigenvalue weighted by molar-refractivity contribution is 7.96. The first-order valence-corrected chi connectivity index (χ1v) is 7.24. The molecule has 0 aliphatic rings. The summed E-state index contributed by atoms with van der Waals surface area (Å²) >= 11 is 3.76. The van der Waals surface area contributed by atoms with E-state index in [1.54, 1.807) is 6.07 Å². The number of aromatic amines is 1. The lowest BCUT2D eigenvalue weighted by Crippen LogP contribution is -2.08. The number of benzene rings is 1. The second-order valence-electron chi connectivity index (χ2n) is 4.72. The Hall–Kier alpha value is -2.08. The first-order valence-electron chi connectivity index (χ1n) is 6.79. The van der Waals surface area contributed by atoms with E-state index in [2.05, 4.69) is 35.1 Å². The number of carbonyl (C=O) groups excluding carboxylic acids is 1. The Morgan fingerprint density at radius 1 is 1.33 bits per heavy atom. The molecule has 1 amide bonds. The molecule has 0 saturated heterocycles. The maximum absolute atomic E-state index is 11.3. The summed E-state index contributed by atoms with van der Waals surface area (Å²) in [5, 5.41) is 8.64. The fourth-order valence-electron chi connectivity index (χ4n) is 2.06. The molecular weight excluding hydrogens is 286 g/mol. The minimum Gasteiger partial charge on any atom is -0.316 e. The molecule has 0 saturated carbocycles. The predicted octanol–water partition coefficient (Wildman–Crippen LogP) is 3.24. The number of anilines is 1. The van der Waals surface area contributed by atoms with Crippen LogP contribution in [0.1, 0.15) is 25.3 Å². The molecule has 0 aliphatic heterocycles. The molecular formula is C15H17N3O2S. The number of carbonyl (C=O) groups is 1. The van der Waals surface area contributed by atoms with E-state index >= 15 is 0 Å². The zero-order valence-corrected chi connectivity index (χ0v) is 12.6. The molecule has 5 nitrogen and oxygen atoms in total. The van der Waals surface area contributed by atoms with Crippen LogP contribution < -0.4 is 10.9 Å². The molecule has 1 heterocycles. The van der Waals surface area contributed by atoms with Gasteiger partial charge in [0.1, 0.15) is 0 Å². The molecule has 1 aromatic heterocycles. The summed E-state index contributed by atoms with van der Waals surface area (Å²) in [4.78, 5) is 22.3. The number of hydrogen-bond donors (Lipinski definition) is 3. The summed E-state index contributed by atoms with van der Waals surface area (Å²) in [5.74, 6) is 0. The molecule has 0 atom stereocenters. The van der Waals surface area contributed by atoms with E-state index in [0.717, 1.165) is 30.4 Å². The molecule has 0 fully saturated rings. The van der Waals surface area contributed by atoms with Gasteiger partial charge in [0, 0.05) is 11.6 Å². The van der Waals surface area contributed by atoms with E-state index in [-0.39, 0.29) is 5.56 Å². The van der Waals surface area contributed by atoms with Gasteiger partial charge in [-0.25, -0.2) is 5.10 Å². The molecule has 0 aliphatic carbocycles. The van der Waals surface area contributed by atoms with E-state index in [4.69, 9.17) is 0 Å². The zero-order chi connectivity index (χ0) is 15.2. The van der Waals surface area contributed by atoms with Crippen LogP contribution in [0.4, 0.5) is 10.5 Å². The van der Waals surface area contributed by atoms with Gasteiger partial charge in [0.05, 0.1) is 11.4 Å². The summed E-state index contributed by atoms with van der Waals surface area (Å²) in [6, 6.07) is 8.84. The van der Waals surface area contributed by atoms with E-state index in [9.17, 15) is 9.59 Å². The van der Waals surface area contributed by atoms with E-state index < -0.39 is 5.24 Å². The first-order chi connectivity index (χ1) is 10.1. The number of nitrogens with one attached hydrogen (secondary N) is 2. The highest BCUT2D eigenvalue weighted by Gasteiger charge is 2.09. The average molecular weight is 303 g/mol. The van der Waals surface area contributed by atoms with Crippen molar-refractivity contribution in [2.24, 2.45) is 0 Å². The topological polar surface area (TPSA) is 74.8 Å². The van der Waals surface area contributed by atoms with Gasteiger partial charge < -0.3 is 5.32 Å². The Kier molecular flexibility index (Phi) is 5.16. The van der Waals surface area contributed by atoms with Gasteiger partial charge in [0.15, 0.2) is 0 Å². The number of H-pyrrole nitrogens is 1. The normalized spacial score (nSPS) is 10.4. The minimum atomic E-state index is -0.437. The number of thiol groups is 1. The molecule has 2 rings (SSSR count). The fourth-order valence-corrected chi connectivity index (χ4v) is 2.18. The van der Waals surface area contributed by atoms with Crippen molar-refractivity contribution in [1.29, 1.82) is 0 Å². The number of aromatic nitrogens is 2. The summed E-state index contributed by atoms with van der Waals surface area (Å²) in [6.45, 7) is 2.13. The number of aryl methyl sites for hydroxylation is 1. The standard InChI is InChI=1S/C15H17N3O2S/c1-2-3-4-10-5-6-11(13(9-10)16-15(20)21)12-7-8-14(19)18-17-12/h5-9H,2-4H2,1H3,(H,18,19)(H2,16,20,21). The van der Waals surface area contributed by atoms with Gasteiger partial charge in [-0.05, 0) is 30.5 Å². The molecule has 0 bridgehead atoms. The third-order valence-corrected chi connectivity index (χ3v) is 3.21. The van der Waals surface area contributed by atoms with E-state index in [1.807, 2.05) is 18.2 Å². The molecule has 1 aromatic carbocycles. The molecule has 2 aromatic rings. The second-order valence-corrected chi connectivity index (χ2v) is 5.13. The van der Waals surface area contributed by atoms with Crippen LogP contribution in [0.25, 0.3) is 11.3 Å². The molecule has 21 heavy (non-hydrogen) atoms. The minimum absolute atomic E-state index is 0.266. The molecule has 110 valence electrons. The Morgan fingerprint density at radius 2 is 2.14 bits per heavy atom. The van der Waals surface area contributed by atoms with Gasteiger partial charge in [-0.15, -0.1) is 0 Å². The summed E-state index contributed by atoms with van der Waals surface area (Å²) in [7, 11) is 0. The van der Waals surface area contributed by atoms with Crippen molar-refractivity contribution in [3.8, 4) is 11.3 Å². The molecule has 2 N–H and O–H groups in total. The van der Waals surface area contributed by atoms with Crippen LogP contribution in [0.5, 0.6) is 0 Å². The van der Waals surface area contributed by atoms with Crippen molar-refractivity contribution in [3.05, 3.63) is 46.2 Å². The largest absolute Gasteiger partial charge is 0.316 e. The van der Waals surface area contributed by atoms with Crippen LogP contribution in [0.15, 0.2) is 35.1 Å². The van der Waals surface area contributed by atoms with Crippen molar-refractivity contribution >= 4 is 23.6 Å². The fraction of sp³-hybridized carbons (Fsp3) is 0.267. The lowest BCUT2D eigenvalue weighted by molar-refractivity contribution is 0.270. The van der Waals surface area contributed by atoms with Gasteiger partial charge in [-0.2, -0.15) is 5.10 Å². The lowest BCUT2D eigenvalue weighted by Gasteiger charge is -2.11. The number of hydrogen-bond acceptors (Lipinski definition) is 3. The zero-order valence-electron chi connectivity index (χ0n) is 11.7. The van der Waals surface area contributed by atoms with Gasteiger partial charge in [0.2, 0.25) is 0 Å². The smallest absolute Gasteiger partial charge is 0.280 e. The Bertz CT molecular complexity index is 677. The number of amides is 1. The van der Waals surface area contributed by atoms with Crippen LogP contribution in [0, 0.1) is 0 Å². The van der Waals surface area contributed by atoms with Crippen molar-refractivity contribution in [3.63, 3.8) is 0 Å². The maximum Gasteiger partial charge on any atom is 0.280 e. The van der Waals surface area contributed by atoms with Gasteiger partial charge >= 0.3 is 0 Å². The SMILES string of the molecule is CCCCc1ccc(-c2ccc(=O)[nH]n2)c(NC(=O)S)c1. The molecule has 0 spiro atoms. The van der Waals surface area contributed by atoms with Crippen LogP contribution in [0.3, 0.4) is 0 Å². The Morgan fingerprint density at radius 3 is 2.76 bits per heavy atom. The van der Waals surface area contributed by atoms with Crippen LogP contribution in [-0.4, -0.2) is 15.4 Å². The lowest BCUT2D eigenvalue weighted by atomic mass is 10.0. The van der Waals surface area contributed by atoms with Crippen LogP contribution in [0.2, 0.25) is 0 Å². The summed E-state index contributed by atoms with van der Waals surface area (Å²) < 4.78 is 0. The number of nitrogens with zero attached hydrogens (tertiary/aromatic N) is 1. The van der Waals surface area contributed by atoms with Gasteiger partial charge in [-0.3, -0.25) is 9.59 Å².